The fourth-order valence-electron chi connectivity index (χ4n) is 4.79. The number of nitrogens with zero attached hydrogens (tertiary/aromatic N) is 4. The van der Waals surface area contributed by atoms with Crippen molar-refractivity contribution in [3.05, 3.63) is 78.3 Å². The topological polar surface area (TPSA) is 158 Å². The molecule has 0 aliphatic rings. The zero-order valence-electron chi connectivity index (χ0n) is 23.7. The predicted molar refractivity (Wildman–Crippen MR) is 163 cm³/mol. The summed E-state index contributed by atoms with van der Waals surface area (Å²) >= 11 is 0. The number of carbonyl (C=O) groups is 1. The van der Waals surface area contributed by atoms with Crippen molar-refractivity contribution in [3.63, 3.8) is 0 Å². The Morgan fingerprint density at radius 2 is 1.84 bits per heavy atom. The van der Waals surface area contributed by atoms with Gasteiger partial charge >= 0.3 is 0 Å². The Balaban J connectivity index is 1.41. The van der Waals surface area contributed by atoms with E-state index in [9.17, 15) is 17.6 Å². The number of H-pyrrole nitrogens is 2. The molecule has 0 fully saturated rings. The Bertz CT molecular complexity index is 2180. The quantitative estimate of drug-likeness (QED) is 0.184. The van der Waals surface area contributed by atoms with Crippen LogP contribution in [0.25, 0.3) is 55.8 Å². The smallest absolute Gasteiger partial charge is 0.226 e. The number of sulfonamides is 1. The highest BCUT2D eigenvalue weighted by atomic mass is 32.2. The molecule has 44 heavy (non-hydrogen) atoms. The van der Waals surface area contributed by atoms with Crippen molar-refractivity contribution < 1.29 is 22.0 Å². The van der Waals surface area contributed by atoms with Gasteiger partial charge in [-0.15, -0.1) is 0 Å². The number of benzene rings is 2. The van der Waals surface area contributed by atoms with E-state index in [1.54, 1.807) is 44.2 Å². The molecule has 0 bridgehead atoms. The van der Waals surface area contributed by atoms with Crippen LogP contribution in [0.5, 0.6) is 0 Å². The van der Waals surface area contributed by atoms with E-state index in [1.165, 1.54) is 30.7 Å². The molecule has 224 valence electrons. The Kier molecular flexibility index (Phi) is 7.39. The number of hydrogen-bond donors (Lipinski definition) is 4. The summed E-state index contributed by atoms with van der Waals surface area (Å²) in [6.07, 6.45) is 5.55. The van der Waals surface area contributed by atoms with Gasteiger partial charge in [0.1, 0.15) is 22.8 Å². The molecule has 1 amide bonds. The molecule has 0 radical (unpaired) electrons. The third kappa shape index (κ3) is 5.76. The molecule has 0 spiro atoms. The fraction of sp³-hybridized carbons (Fsp3) is 0.167. The summed E-state index contributed by atoms with van der Waals surface area (Å²) < 4.78 is 56.2. The number of aromatic amines is 2. The van der Waals surface area contributed by atoms with Crippen LogP contribution in [0.4, 0.5) is 14.5 Å². The van der Waals surface area contributed by atoms with E-state index in [-0.39, 0.29) is 40.8 Å². The average molecular weight is 617 g/mol. The number of halogens is 2. The van der Waals surface area contributed by atoms with Gasteiger partial charge in [-0.2, -0.15) is 5.10 Å². The van der Waals surface area contributed by atoms with E-state index in [4.69, 9.17) is 0 Å². The number of carbonyl (C=O) groups excluding carboxylic acids is 1. The summed E-state index contributed by atoms with van der Waals surface area (Å²) in [5.41, 5.74) is 3.94. The van der Waals surface area contributed by atoms with Crippen molar-refractivity contribution in [1.29, 1.82) is 0 Å². The molecule has 11 nitrogen and oxygen atoms in total. The lowest BCUT2D eigenvalue weighted by molar-refractivity contribution is -0.118. The third-order valence-electron chi connectivity index (χ3n) is 6.92. The largest absolute Gasteiger partial charge is 0.324 e. The van der Waals surface area contributed by atoms with E-state index in [0.717, 1.165) is 6.26 Å². The van der Waals surface area contributed by atoms with Gasteiger partial charge in [0, 0.05) is 41.5 Å². The standard InChI is InChI=1S/C30H26F2N8O3S/c1-15(2)30(41)36-20-11-18(13-33-14-20)21-4-5-23-24(25(21)32)27(40-39-23)29-37-26-22(6-7-34-28(26)38-29)17-8-16(9-19(31)10-17)12-35-44(3,42)43/h4-11,13-15,35H,12H2,1-3H3,(H,36,41)(H,39,40)(H,34,37,38). The van der Waals surface area contributed by atoms with Crippen molar-refractivity contribution in [3.8, 4) is 33.8 Å². The van der Waals surface area contributed by atoms with Crippen molar-refractivity contribution in [2.24, 2.45) is 5.92 Å². The molecule has 0 saturated heterocycles. The molecule has 4 N–H and O–H groups in total. The van der Waals surface area contributed by atoms with Crippen LogP contribution in [0.15, 0.2) is 61.1 Å². The van der Waals surface area contributed by atoms with Crippen LogP contribution in [-0.4, -0.2) is 50.7 Å². The van der Waals surface area contributed by atoms with Gasteiger partial charge in [0.15, 0.2) is 11.5 Å². The first kappa shape index (κ1) is 29.0. The molecule has 14 heteroatoms. The van der Waals surface area contributed by atoms with Gasteiger partial charge < -0.3 is 10.3 Å². The van der Waals surface area contributed by atoms with Crippen LogP contribution < -0.4 is 10.0 Å². The summed E-state index contributed by atoms with van der Waals surface area (Å²) in [6, 6.07) is 10.8. The van der Waals surface area contributed by atoms with Crippen LogP contribution in [0, 0.1) is 17.6 Å². The van der Waals surface area contributed by atoms with E-state index in [0.29, 0.717) is 44.6 Å². The average Bonchev–Trinajstić information content (AvgIpc) is 3.60. The van der Waals surface area contributed by atoms with Gasteiger partial charge in [0.2, 0.25) is 15.9 Å². The maximum atomic E-state index is 16.2. The summed E-state index contributed by atoms with van der Waals surface area (Å²) in [6.45, 7) is 3.45. The van der Waals surface area contributed by atoms with E-state index in [1.807, 2.05) is 0 Å². The summed E-state index contributed by atoms with van der Waals surface area (Å²) in [7, 11) is -3.48. The lowest BCUT2D eigenvalue weighted by Gasteiger charge is -2.10. The molecular formula is C30H26F2N8O3S. The number of anilines is 1. The molecule has 0 unspecified atom stereocenters. The Hall–Kier alpha value is -5.08. The minimum Gasteiger partial charge on any atom is -0.324 e. The van der Waals surface area contributed by atoms with Gasteiger partial charge in [0.05, 0.1) is 29.0 Å². The van der Waals surface area contributed by atoms with Gasteiger partial charge in [-0.1, -0.05) is 13.8 Å². The monoisotopic (exact) mass is 616 g/mol. The number of hydrogen-bond acceptors (Lipinski definition) is 7. The number of amides is 1. The second kappa shape index (κ2) is 11.2. The first-order valence-electron chi connectivity index (χ1n) is 13.5. The predicted octanol–water partition coefficient (Wildman–Crippen LogP) is 5.15. The zero-order valence-corrected chi connectivity index (χ0v) is 24.6. The van der Waals surface area contributed by atoms with Crippen molar-refractivity contribution in [1.82, 2.24) is 34.9 Å². The van der Waals surface area contributed by atoms with Crippen molar-refractivity contribution in [2.45, 2.75) is 20.4 Å². The molecule has 2 aromatic carbocycles. The maximum Gasteiger partial charge on any atom is 0.226 e. The Morgan fingerprint density at radius 1 is 1.02 bits per heavy atom. The minimum atomic E-state index is -3.48. The highest BCUT2D eigenvalue weighted by Crippen LogP contribution is 2.35. The summed E-state index contributed by atoms with van der Waals surface area (Å²) in [4.78, 5) is 28.4. The van der Waals surface area contributed by atoms with Gasteiger partial charge in [-0.25, -0.2) is 31.9 Å². The number of fused-ring (bicyclic) bond motifs is 2. The normalized spacial score (nSPS) is 12.0. The number of pyridine rings is 2. The lowest BCUT2D eigenvalue weighted by Crippen LogP contribution is -2.21. The molecule has 0 aliphatic heterocycles. The van der Waals surface area contributed by atoms with E-state index >= 15 is 4.39 Å². The number of nitrogens with one attached hydrogen (secondary N) is 4. The third-order valence-corrected chi connectivity index (χ3v) is 7.59. The lowest BCUT2D eigenvalue weighted by atomic mass is 10.0. The number of rotatable bonds is 8. The molecule has 0 atom stereocenters. The second-order valence-corrected chi connectivity index (χ2v) is 12.4. The molecule has 4 aromatic heterocycles. The minimum absolute atomic E-state index is 0.0902. The van der Waals surface area contributed by atoms with Crippen LogP contribution >= 0.6 is 0 Å². The first-order chi connectivity index (χ1) is 21.0. The van der Waals surface area contributed by atoms with Gasteiger partial charge in [-0.05, 0) is 53.6 Å². The number of aromatic nitrogens is 6. The molecule has 6 rings (SSSR count). The molecule has 6 aromatic rings. The van der Waals surface area contributed by atoms with Crippen molar-refractivity contribution >= 4 is 43.7 Å². The first-order valence-corrected chi connectivity index (χ1v) is 15.4. The van der Waals surface area contributed by atoms with Crippen LogP contribution in [0.2, 0.25) is 0 Å². The van der Waals surface area contributed by atoms with E-state index < -0.39 is 21.7 Å². The summed E-state index contributed by atoms with van der Waals surface area (Å²) in [5.74, 6) is -1.31. The van der Waals surface area contributed by atoms with Gasteiger partial charge in [0.25, 0.3) is 0 Å². The van der Waals surface area contributed by atoms with Crippen LogP contribution in [-0.2, 0) is 21.4 Å². The SMILES string of the molecule is CC(C)C(=O)Nc1cncc(-c2ccc3[nH]nc(-c4nc5c(-c6cc(F)cc(CNS(C)(=O)=O)c6)ccnc5[nH]4)c3c2F)c1. The molecule has 4 heterocycles. The van der Waals surface area contributed by atoms with Crippen LogP contribution in [0.1, 0.15) is 19.4 Å². The van der Waals surface area contributed by atoms with E-state index in [2.05, 4.69) is 40.2 Å². The van der Waals surface area contributed by atoms with Crippen LogP contribution in [0.3, 0.4) is 0 Å². The number of imidazole rings is 1. The van der Waals surface area contributed by atoms with Gasteiger partial charge in [-0.3, -0.25) is 14.9 Å². The Labute approximate surface area is 250 Å². The fourth-order valence-corrected chi connectivity index (χ4v) is 5.22. The summed E-state index contributed by atoms with van der Waals surface area (Å²) in [5, 5.41) is 10.1. The zero-order chi connectivity index (χ0) is 31.2. The second-order valence-electron chi connectivity index (χ2n) is 10.6. The highest BCUT2D eigenvalue weighted by Gasteiger charge is 2.21. The molecule has 0 aliphatic carbocycles. The highest BCUT2D eigenvalue weighted by molar-refractivity contribution is 7.88. The maximum absolute atomic E-state index is 16.2. The Morgan fingerprint density at radius 3 is 2.61 bits per heavy atom. The molecule has 0 saturated carbocycles. The molecular weight excluding hydrogens is 590 g/mol. The van der Waals surface area contributed by atoms with Crippen molar-refractivity contribution in [2.75, 3.05) is 11.6 Å².